The average Bonchev–Trinajstić information content (AvgIpc) is 2.45. The molecule has 0 fully saturated rings. The number of carbonyl (C=O) groups is 2. The average molecular weight is 291 g/mol. The summed E-state index contributed by atoms with van der Waals surface area (Å²) in [6.07, 6.45) is 2.56. The van der Waals surface area contributed by atoms with Gasteiger partial charge in [0.25, 0.3) is 5.91 Å². The fourth-order valence-electron chi connectivity index (χ4n) is 1.87. The Bertz CT molecular complexity index is 551. The SMILES string of the molecule is COCC(C)N(C)C(=O)c1ccc(C)c(/C=C/C(=O)O)c1. The number of ether oxygens (including phenoxy) is 1. The van der Waals surface area contributed by atoms with Gasteiger partial charge in [0.2, 0.25) is 0 Å². The van der Waals surface area contributed by atoms with Crippen molar-refractivity contribution in [2.24, 2.45) is 0 Å². The summed E-state index contributed by atoms with van der Waals surface area (Å²) < 4.78 is 5.05. The third-order valence-corrected chi connectivity index (χ3v) is 3.32. The van der Waals surface area contributed by atoms with E-state index in [0.29, 0.717) is 12.2 Å². The van der Waals surface area contributed by atoms with E-state index in [1.54, 1.807) is 31.2 Å². The number of carboxylic acid groups (broad SMARTS) is 1. The Hall–Kier alpha value is -2.14. The van der Waals surface area contributed by atoms with Crippen LogP contribution in [0.4, 0.5) is 0 Å². The van der Waals surface area contributed by atoms with Gasteiger partial charge in [-0.15, -0.1) is 0 Å². The van der Waals surface area contributed by atoms with Crippen molar-refractivity contribution in [3.63, 3.8) is 0 Å². The number of hydrogen-bond acceptors (Lipinski definition) is 3. The molecule has 0 aliphatic rings. The molecule has 0 aliphatic carbocycles. The van der Waals surface area contributed by atoms with Crippen molar-refractivity contribution >= 4 is 18.0 Å². The van der Waals surface area contributed by atoms with Crippen LogP contribution >= 0.6 is 0 Å². The summed E-state index contributed by atoms with van der Waals surface area (Å²) in [5, 5.41) is 8.69. The Morgan fingerprint density at radius 2 is 2.10 bits per heavy atom. The Morgan fingerprint density at radius 3 is 2.67 bits per heavy atom. The molecule has 1 N–H and O–H groups in total. The van der Waals surface area contributed by atoms with Gasteiger partial charge in [-0.05, 0) is 43.2 Å². The highest BCUT2D eigenvalue weighted by Crippen LogP contribution is 2.15. The number of aryl methyl sites for hydroxylation is 1. The quantitative estimate of drug-likeness (QED) is 0.816. The fourth-order valence-corrected chi connectivity index (χ4v) is 1.87. The molecule has 1 rings (SSSR count). The van der Waals surface area contributed by atoms with E-state index in [9.17, 15) is 9.59 Å². The number of nitrogens with zero attached hydrogens (tertiary/aromatic N) is 1. The van der Waals surface area contributed by atoms with Crippen LogP contribution in [0, 0.1) is 6.92 Å². The van der Waals surface area contributed by atoms with Crippen LogP contribution in [-0.4, -0.2) is 48.7 Å². The molecule has 1 aromatic rings. The van der Waals surface area contributed by atoms with Gasteiger partial charge in [-0.25, -0.2) is 4.79 Å². The van der Waals surface area contributed by atoms with Gasteiger partial charge in [0.1, 0.15) is 0 Å². The van der Waals surface area contributed by atoms with Crippen LogP contribution in [-0.2, 0) is 9.53 Å². The van der Waals surface area contributed by atoms with Crippen LogP contribution in [0.2, 0.25) is 0 Å². The third-order valence-electron chi connectivity index (χ3n) is 3.32. The van der Waals surface area contributed by atoms with Gasteiger partial charge in [-0.3, -0.25) is 4.79 Å². The van der Waals surface area contributed by atoms with Crippen molar-refractivity contribution < 1.29 is 19.4 Å². The molecular formula is C16H21NO4. The van der Waals surface area contributed by atoms with Crippen molar-refractivity contribution in [3.8, 4) is 0 Å². The lowest BCUT2D eigenvalue weighted by Crippen LogP contribution is -2.37. The van der Waals surface area contributed by atoms with Gasteiger partial charge in [0.15, 0.2) is 0 Å². The smallest absolute Gasteiger partial charge is 0.328 e. The fraction of sp³-hybridized carbons (Fsp3) is 0.375. The maximum absolute atomic E-state index is 12.4. The molecule has 0 aromatic heterocycles. The van der Waals surface area contributed by atoms with Crippen LogP contribution in [0.15, 0.2) is 24.3 Å². The van der Waals surface area contributed by atoms with Crippen LogP contribution in [0.25, 0.3) is 6.08 Å². The number of amides is 1. The van der Waals surface area contributed by atoms with E-state index in [1.165, 1.54) is 6.08 Å². The summed E-state index contributed by atoms with van der Waals surface area (Å²) in [5.41, 5.74) is 2.16. The molecule has 21 heavy (non-hydrogen) atoms. The molecule has 0 spiro atoms. The van der Waals surface area contributed by atoms with Crippen molar-refractivity contribution in [2.75, 3.05) is 20.8 Å². The summed E-state index contributed by atoms with van der Waals surface area (Å²) in [5.74, 6) is -1.14. The molecular weight excluding hydrogens is 270 g/mol. The minimum Gasteiger partial charge on any atom is -0.478 e. The number of aliphatic carboxylic acids is 1. The van der Waals surface area contributed by atoms with Crippen LogP contribution in [0.1, 0.15) is 28.4 Å². The second-order valence-electron chi connectivity index (χ2n) is 4.96. The maximum atomic E-state index is 12.4. The summed E-state index contributed by atoms with van der Waals surface area (Å²) in [6, 6.07) is 5.21. The van der Waals surface area contributed by atoms with E-state index >= 15 is 0 Å². The van der Waals surface area contributed by atoms with E-state index in [2.05, 4.69) is 0 Å². The molecule has 0 saturated heterocycles. The first kappa shape index (κ1) is 16.9. The summed E-state index contributed by atoms with van der Waals surface area (Å²) in [6.45, 7) is 4.23. The van der Waals surface area contributed by atoms with Gasteiger partial charge >= 0.3 is 5.97 Å². The number of hydrogen-bond donors (Lipinski definition) is 1. The largest absolute Gasteiger partial charge is 0.478 e. The molecule has 0 aliphatic heterocycles. The number of rotatable bonds is 6. The predicted octanol–water partition coefficient (Wildman–Crippen LogP) is 2.20. The van der Waals surface area contributed by atoms with Crippen LogP contribution in [0.5, 0.6) is 0 Å². The zero-order valence-electron chi connectivity index (χ0n) is 12.8. The zero-order valence-corrected chi connectivity index (χ0v) is 12.8. The Labute approximate surface area is 124 Å². The first-order valence-electron chi connectivity index (χ1n) is 6.64. The van der Waals surface area contributed by atoms with Gasteiger partial charge in [-0.1, -0.05) is 6.07 Å². The third kappa shape index (κ3) is 4.72. The standard InChI is InChI=1S/C16H21NO4/c1-11-5-6-14(9-13(11)7-8-15(18)19)16(20)17(3)12(2)10-21-4/h5-9,12H,10H2,1-4H3,(H,18,19)/b8-7+. The molecule has 0 saturated carbocycles. The predicted molar refractivity (Wildman–Crippen MR) is 81.3 cm³/mol. The molecule has 1 aromatic carbocycles. The van der Waals surface area contributed by atoms with E-state index in [1.807, 2.05) is 19.9 Å². The first-order chi connectivity index (χ1) is 9.86. The van der Waals surface area contributed by atoms with Crippen LogP contribution < -0.4 is 0 Å². The highest BCUT2D eigenvalue weighted by molar-refractivity contribution is 5.95. The van der Waals surface area contributed by atoms with Crippen molar-refractivity contribution in [1.82, 2.24) is 4.90 Å². The zero-order chi connectivity index (χ0) is 16.0. The molecule has 1 unspecified atom stereocenters. The number of benzene rings is 1. The lowest BCUT2D eigenvalue weighted by Gasteiger charge is -2.24. The highest BCUT2D eigenvalue weighted by atomic mass is 16.5. The lowest BCUT2D eigenvalue weighted by molar-refractivity contribution is -0.131. The molecule has 0 heterocycles. The molecule has 1 atom stereocenters. The van der Waals surface area contributed by atoms with Gasteiger partial charge in [0.05, 0.1) is 12.6 Å². The van der Waals surface area contributed by atoms with Gasteiger partial charge in [-0.2, -0.15) is 0 Å². The monoisotopic (exact) mass is 291 g/mol. The van der Waals surface area contributed by atoms with E-state index < -0.39 is 5.97 Å². The normalized spacial score (nSPS) is 12.4. The Kier molecular flexibility index (Phi) is 6.11. The Morgan fingerprint density at radius 1 is 1.43 bits per heavy atom. The molecule has 5 nitrogen and oxygen atoms in total. The first-order valence-corrected chi connectivity index (χ1v) is 6.64. The van der Waals surface area contributed by atoms with Crippen molar-refractivity contribution in [3.05, 3.63) is 41.0 Å². The molecule has 0 bridgehead atoms. The van der Waals surface area contributed by atoms with Gasteiger partial charge in [0, 0.05) is 25.8 Å². The number of carboxylic acids is 1. The van der Waals surface area contributed by atoms with Crippen molar-refractivity contribution in [1.29, 1.82) is 0 Å². The Balaban J connectivity index is 3.00. The lowest BCUT2D eigenvalue weighted by atomic mass is 10.0. The second kappa shape index (κ2) is 7.59. The second-order valence-corrected chi connectivity index (χ2v) is 4.96. The maximum Gasteiger partial charge on any atom is 0.328 e. The molecule has 1 amide bonds. The topological polar surface area (TPSA) is 66.8 Å². The molecule has 0 radical (unpaired) electrons. The molecule has 5 heteroatoms. The number of methoxy groups -OCH3 is 1. The highest BCUT2D eigenvalue weighted by Gasteiger charge is 2.17. The number of carbonyl (C=O) groups excluding carboxylic acids is 1. The van der Waals surface area contributed by atoms with E-state index in [0.717, 1.165) is 17.2 Å². The minimum absolute atomic E-state index is 0.0400. The summed E-state index contributed by atoms with van der Waals surface area (Å²) >= 11 is 0. The van der Waals surface area contributed by atoms with E-state index in [-0.39, 0.29) is 11.9 Å². The van der Waals surface area contributed by atoms with Gasteiger partial charge < -0.3 is 14.7 Å². The number of likely N-dealkylation sites (N-methyl/N-ethyl adjacent to an activating group) is 1. The minimum atomic E-state index is -1.02. The van der Waals surface area contributed by atoms with Crippen molar-refractivity contribution in [2.45, 2.75) is 19.9 Å². The summed E-state index contributed by atoms with van der Waals surface area (Å²) in [7, 11) is 3.31. The molecule has 114 valence electrons. The van der Waals surface area contributed by atoms with E-state index in [4.69, 9.17) is 9.84 Å². The van der Waals surface area contributed by atoms with Crippen LogP contribution in [0.3, 0.4) is 0 Å². The summed E-state index contributed by atoms with van der Waals surface area (Å²) in [4.78, 5) is 24.6.